The number of hydrogen-bond acceptors (Lipinski definition) is 5. The number of nitrogens with one attached hydrogen (secondary N) is 1. The first-order chi connectivity index (χ1) is 6.18. The van der Waals surface area contributed by atoms with Crippen LogP contribution in [-0.2, 0) is 10.8 Å². The van der Waals surface area contributed by atoms with Crippen LogP contribution >= 0.6 is 11.3 Å². The van der Waals surface area contributed by atoms with Crippen LogP contribution in [0.2, 0.25) is 0 Å². The van der Waals surface area contributed by atoms with Gasteiger partial charge in [0.2, 0.25) is 0 Å². The number of nitrogen functional groups attached to an aromatic ring is 1. The molecule has 0 saturated carbocycles. The summed E-state index contributed by atoms with van der Waals surface area (Å²) in [5.74, 6) is 0.730. The van der Waals surface area contributed by atoms with Crippen molar-refractivity contribution < 1.29 is 4.21 Å². The van der Waals surface area contributed by atoms with Crippen molar-refractivity contribution in [3.63, 3.8) is 0 Å². The second-order valence-corrected chi connectivity index (χ2v) is 5.24. The van der Waals surface area contributed by atoms with E-state index >= 15 is 0 Å². The minimum absolute atomic E-state index is 0.700. The van der Waals surface area contributed by atoms with Gasteiger partial charge in [0.1, 0.15) is 5.00 Å². The van der Waals surface area contributed by atoms with E-state index in [4.69, 9.17) is 5.73 Å². The first-order valence-electron chi connectivity index (χ1n) is 3.93. The van der Waals surface area contributed by atoms with Crippen molar-refractivity contribution in [2.75, 3.05) is 29.6 Å². The highest BCUT2D eigenvalue weighted by Gasteiger charge is 1.97. The van der Waals surface area contributed by atoms with Crippen LogP contribution < -0.4 is 11.1 Å². The molecule has 1 heterocycles. The van der Waals surface area contributed by atoms with Gasteiger partial charge in [0.15, 0.2) is 5.13 Å². The molecule has 0 radical (unpaired) electrons. The number of rotatable bonds is 5. The Bertz CT molecular complexity index is 287. The molecule has 1 unspecified atom stereocenters. The molecule has 74 valence electrons. The Morgan fingerprint density at radius 2 is 2.54 bits per heavy atom. The van der Waals surface area contributed by atoms with E-state index in [1.165, 1.54) is 11.3 Å². The molecule has 0 amide bonds. The highest BCUT2D eigenvalue weighted by atomic mass is 32.2. The van der Waals surface area contributed by atoms with Gasteiger partial charge in [-0.15, -0.1) is 0 Å². The lowest BCUT2D eigenvalue weighted by atomic mass is 10.5. The van der Waals surface area contributed by atoms with Crippen molar-refractivity contribution in [1.29, 1.82) is 0 Å². The van der Waals surface area contributed by atoms with Crippen molar-refractivity contribution in [3.05, 3.63) is 6.20 Å². The van der Waals surface area contributed by atoms with E-state index in [0.29, 0.717) is 5.00 Å². The zero-order valence-corrected chi connectivity index (χ0v) is 9.08. The number of thiazole rings is 1. The van der Waals surface area contributed by atoms with Gasteiger partial charge in [0, 0.05) is 29.4 Å². The Balaban J connectivity index is 2.16. The van der Waals surface area contributed by atoms with Crippen LogP contribution in [0.1, 0.15) is 6.42 Å². The molecular formula is C7H13N3OS2. The fourth-order valence-electron chi connectivity index (χ4n) is 0.839. The highest BCUT2D eigenvalue weighted by Crippen LogP contribution is 2.18. The van der Waals surface area contributed by atoms with Gasteiger partial charge in [-0.05, 0) is 6.42 Å². The molecule has 13 heavy (non-hydrogen) atoms. The molecule has 3 N–H and O–H groups in total. The summed E-state index contributed by atoms with van der Waals surface area (Å²) in [6.45, 7) is 0.798. The average Bonchev–Trinajstić information content (AvgIpc) is 2.45. The van der Waals surface area contributed by atoms with Gasteiger partial charge in [-0.2, -0.15) is 0 Å². The Kier molecular flexibility index (Phi) is 4.17. The van der Waals surface area contributed by atoms with Crippen molar-refractivity contribution >= 4 is 32.3 Å². The summed E-state index contributed by atoms with van der Waals surface area (Å²) in [5, 5.41) is 4.66. The average molecular weight is 219 g/mol. The maximum atomic E-state index is 10.7. The quantitative estimate of drug-likeness (QED) is 0.722. The molecule has 0 spiro atoms. The van der Waals surface area contributed by atoms with Crippen LogP contribution in [0.3, 0.4) is 0 Å². The third kappa shape index (κ3) is 4.23. The second kappa shape index (κ2) is 5.18. The summed E-state index contributed by atoms with van der Waals surface area (Å²) in [4.78, 5) is 4.04. The number of hydrogen-bond donors (Lipinski definition) is 2. The SMILES string of the molecule is CS(=O)CCCNc1ncc(N)s1. The minimum atomic E-state index is -0.700. The molecule has 1 atom stereocenters. The van der Waals surface area contributed by atoms with Gasteiger partial charge in [-0.3, -0.25) is 4.21 Å². The molecule has 0 bridgehead atoms. The van der Waals surface area contributed by atoms with E-state index in [1.807, 2.05) is 0 Å². The highest BCUT2D eigenvalue weighted by molar-refractivity contribution is 7.84. The maximum Gasteiger partial charge on any atom is 0.184 e. The third-order valence-corrected chi connectivity index (χ3v) is 3.06. The van der Waals surface area contributed by atoms with Crippen LogP contribution in [-0.4, -0.2) is 27.7 Å². The first-order valence-corrected chi connectivity index (χ1v) is 6.48. The van der Waals surface area contributed by atoms with Gasteiger partial charge in [0.05, 0.1) is 6.20 Å². The minimum Gasteiger partial charge on any atom is -0.389 e. The summed E-state index contributed by atoms with van der Waals surface area (Å²) in [6, 6.07) is 0. The molecule has 0 aromatic carbocycles. The van der Waals surface area contributed by atoms with Gasteiger partial charge in [-0.1, -0.05) is 11.3 Å². The van der Waals surface area contributed by atoms with E-state index < -0.39 is 10.8 Å². The number of nitrogens with zero attached hydrogens (tertiary/aromatic N) is 1. The zero-order valence-electron chi connectivity index (χ0n) is 7.45. The van der Waals surface area contributed by atoms with E-state index in [1.54, 1.807) is 12.5 Å². The smallest absolute Gasteiger partial charge is 0.184 e. The number of aromatic nitrogens is 1. The molecule has 1 rings (SSSR count). The fraction of sp³-hybridized carbons (Fsp3) is 0.571. The van der Waals surface area contributed by atoms with E-state index in [-0.39, 0.29) is 0 Å². The number of nitrogens with two attached hydrogens (primary N) is 1. The molecule has 0 aliphatic heterocycles. The van der Waals surface area contributed by atoms with E-state index in [2.05, 4.69) is 10.3 Å². The summed E-state index contributed by atoms with van der Waals surface area (Å²) >= 11 is 1.43. The van der Waals surface area contributed by atoms with Crippen molar-refractivity contribution in [1.82, 2.24) is 4.98 Å². The summed E-state index contributed by atoms with van der Waals surface area (Å²) in [5.41, 5.74) is 5.50. The van der Waals surface area contributed by atoms with Gasteiger partial charge >= 0.3 is 0 Å². The second-order valence-electron chi connectivity index (χ2n) is 2.63. The lowest BCUT2D eigenvalue weighted by Gasteiger charge is -1.99. The predicted molar refractivity (Wildman–Crippen MR) is 58.6 cm³/mol. The maximum absolute atomic E-state index is 10.7. The largest absolute Gasteiger partial charge is 0.389 e. The van der Waals surface area contributed by atoms with Crippen LogP contribution in [0.4, 0.5) is 10.1 Å². The molecule has 4 nitrogen and oxygen atoms in total. The lowest BCUT2D eigenvalue weighted by Crippen LogP contribution is -2.05. The van der Waals surface area contributed by atoms with Crippen molar-refractivity contribution in [2.45, 2.75) is 6.42 Å². The standard InChI is InChI=1S/C7H13N3OS2/c1-13(11)4-2-3-9-7-10-5-6(8)12-7/h5H,2-4,8H2,1H3,(H,9,10). The van der Waals surface area contributed by atoms with Gasteiger partial charge < -0.3 is 11.1 Å². The Labute approximate surface area is 84.0 Å². The number of anilines is 2. The lowest BCUT2D eigenvalue weighted by molar-refractivity contribution is 0.685. The molecule has 1 aromatic heterocycles. The predicted octanol–water partition coefficient (Wildman–Crippen LogP) is 0.906. The topological polar surface area (TPSA) is 68.0 Å². The van der Waals surface area contributed by atoms with Crippen LogP contribution in [0.5, 0.6) is 0 Å². The zero-order chi connectivity index (χ0) is 9.68. The molecule has 0 aliphatic carbocycles. The fourth-order valence-corrected chi connectivity index (χ4v) is 2.00. The molecule has 1 aromatic rings. The third-order valence-electron chi connectivity index (χ3n) is 1.41. The first kappa shape index (κ1) is 10.5. The summed E-state index contributed by atoms with van der Waals surface area (Å²) in [7, 11) is -0.700. The summed E-state index contributed by atoms with van der Waals surface area (Å²) in [6.07, 6.45) is 4.23. The van der Waals surface area contributed by atoms with Crippen LogP contribution in [0, 0.1) is 0 Å². The Morgan fingerprint density at radius 3 is 3.08 bits per heavy atom. The van der Waals surface area contributed by atoms with E-state index in [9.17, 15) is 4.21 Å². The molecule has 6 heteroatoms. The molecular weight excluding hydrogens is 206 g/mol. The molecule has 0 saturated heterocycles. The van der Waals surface area contributed by atoms with Crippen molar-refractivity contribution in [2.24, 2.45) is 0 Å². The Morgan fingerprint density at radius 1 is 1.77 bits per heavy atom. The monoisotopic (exact) mass is 219 g/mol. The Hall–Kier alpha value is -0.620. The van der Waals surface area contributed by atoms with Crippen molar-refractivity contribution in [3.8, 4) is 0 Å². The van der Waals surface area contributed by atoms with Crippen LogP contribution in [0.25, 0.3) is 0 Å². The summed E-state index contributed by atoms with van der Waals surface area (Å²) < 4.78 is 10.7. The molecule has 0 aliphatic rings. The van der Waals surface area contributed by atoms with Crippen LogP contribution in [0.15, 0.2) is 6.20 Å². The normalized spacial score (nSPS) is 12.7. The van der Waals surface area contributed by atoms with Gasteiger partial charge in [-0.25, -0.2) is 4.98 Å². The van der Waals surface area contributed by atoms with E-state index in [0.717, 1.165) is 23.8 Å². The van der Waals surface area contributed by atoms with Gasteiger partial charge in [0.25, 0.3) is 0 Å². The molecule has 0 fully saturated rings.